The number of carbonyl (C=O) groups is 4. The van der Waals surface area contributed by atoms with Crippen LogP contribution in [-0.2, 0) is 25.6 Å². The number of methoxy groups -OCH3 is 2. The average Bonchev–Trinajstić information content (AvgIpc) is 2.92. The molecule has 208 valence electrons. The van der Waals surface area contributed by atoms with Crippen molar-refractivity contribution in [3.8, 4) is 0 Å². The van der Waals surface area contributed by atoms with Gasteiger partial charge >= 0.3 is 6.03 Å². The lowest BCUT2D eigenvalue weighted by Gasteiger charge is -2.50. The summed E-state index contributed by atoms with van der Waals surface area (Å²) in [6.07, 6.45) is 3.31. The number of piperidine rings is 1. The van der Waals surface area contributed by atoms with Gasteiger partial charge in [0, 0.05) is 45.0 Å². The summed E-state index contributed by atoms with van der Waals surface area (Å²) in [5, 5.41) is 2.85. The molecule has 3 fully saturated rings. The fourth-order valence-corrected chi connectivity index (χ4v) is 5.82. The molecule has 4 atom stereocenters. The number of nitrogens with zero attached hydrogens (tertiary/aromatic N) is 3. The van der Waals surface area contributed by atoms with Crippen LogP contribution in [0.2, 0.25) is 0 Å². The van der Waals surface area contributed by atoms with Crippen molar-refractivity contribution in [2.75, 3.05) is 33.9 Å². The molecule has 0 radical (unpaired) electrons. The van der Waals surface area contributed by atoms with E-state index in [1.165, 1.54) is 4.90 Å². The van der Waals surface area contributed by atoms with Crippen molar-refractivity contribution in [1.29, 1.82) is 0 Å². The van der Waals surface area contributed by atoms with Gasteiger partial charge in [-0.15, -0.1) is 0 Å². The van der Waals surface area contributed by atoms with Crippen LogP contribution in [0.5, 0.6) is 0 Å². The van der Waals surface area contributed by atoms with Crippen LogP contribution in [-0.4, -0.2) is 96.6 Å². The molecule has 3 aliphatic rings. The number of ether oxygens (including phenoxy) is 2. The molecule has 2 aliphatic heterocycles. The SMILES string of the molecule is COC1CC2C(=O)N(Cc3ccc(C(=O)NC(C)C)cc3)C(=O)N(CC(=O)N3CCCCC3)C2CC1OC. The second-order valence-corrected chi connectivity index (χ2v) is 10.8. The summed E-state index contributed by atoms with van der Waals surface area (Å²) >= 11 is 0. The van der Waals surface area contributed by atoms with Crippen LogP contribution in [0.1, 0.15) is 61.9 Å². The number of urea groups is 1. The molecule has 1 N–H and O–H groups in total. The Kier molecular flexibility index (Phi) is 9.04. The summed E-state index contributed by atoms with van der Waals surface area (Å²) in [7, 11) is 3.20. The normalized spacial score (nSPS) is 26.0. The Morgan fingerprint density at radius 3 is 2.21 bits per heavy atom. The number of rotatable bonds is 8. The van der Waals surface area contributed by atoms with Crippen LogP contribution in [0, 0.1) is 5.92 Å². The number of hydrogen-bond acceptors (Lipinski definition) is 6. The van der Waals surface area contributed by atoms with Crippen LogP contribution in [0.15, 0.2) is 24.3 Å². The Labute approximate surface area is 224 Å². The average molecular weight is 529 g/mol. The lowest BCUT2D eigenvalue weighted by atomic mass is 9.78. The summed E-state index contributed by atoms with van der Waals surface area (Å²) < 4.78 is 11.3. The Morgan fingerprint density at radius 1 is 0.974 bits per heavy atom. The smallest absolute Gasteiger partial charge is 0.327 e. The van der Waals surface area contributed by atoms with E-state index in [1.54, 1.807) is 43.4 Å². The number of hydrogen-bond donors (Lipinski definition) is 1. The minimum atomic E-state index is -0.491. The molecule has 10 nitrogen and oxygen atoms in total. The van der Waals surface area contributed by atoms with Crippen molar-refractivity contribution in [1.82, 2.24) is 20.0 Å². The zero-order chi connectivity index (χ0) is 27.4. The molecule has 2 heterocycles. The molecule has 1 aromatic carbocycles. The summed E-state index contributed by atoms with van der Waals surface area (Å²) in [6, 6.07) is 6.01. The lowest BCUT2D eigenvalue weighted by molar-refractivity contribution is -0.154. The second kappa shape index (κ2) is 12.3. The summed E-state index contributed by atoms with van der Waals surface area (Å²) in [5.74, 6) is -1.02. The third kappa shape index (κ3) is 6.02. The van der Waals surface area contributed by atoms with Gasteiger partial charge in [0.05, 0.1) is 24.7 Å². The molecule has 1 aromatic rings. The first kappa shape index (κ1) is 28.0. The van der Waals surface area contributed by atoms with Crippen molar-refractivity contribution in [2.24, 2.45) is 5.92 Å². The Hall–Kier alpha value is -2.98. The molecule has 1 saturated carbocycles. The fourth-order valence-electron chi connectivity index (χ4n) is 5.82. The molecule has 0 spiro atoms. The minimum Gasteiger partial charge on any atom is -0.379 e. The van der Waals surface area contributed by atoms with Gasteiger partial charge < -0.3 is 24.6 Å². The van der Waals surface area contributed by atoms with Gasteiger partial charge in [0.1, 0.15) is 6.54 Å². The van der Waals surface area contributed by atoms with E-state index in [0.29, 0.717) is 31.5 Å². The number of carbonyl (C=O) groups excluding carboxylic acids is 4. The van der Waals surface area contributed by atoms with E-state index in [2.05, 4.69) is 5.32 Å². The number of fused-ring (bicyclic) bond motifs is 1. The van der Waals surface area contributed by atoms with Gasteiger partial charge in [0.2, 0.25) is 11.8 Å². The standard InChI is InChI=1S/C28H40N4O6/c1-18(2)29-26(34)20-10-8-19(9-11-20)16-32-27(35)21-14-23(37-3)24(38-4)15-22(21)31(28(32)36)17-25(33)30-12-6-5-7-13-30/h8-11,18,21-24H,5-7,12-17H2,1-4H3,(H,29,34). The molecule has 10 heteroatoms. The predicted molar refractivity (Wildman–Crippen MR) is 140 cm³/mol. The largest absolute Gasteiger partial charge is 0.379 e. The molecule has 0 aromatic heterocycles. The highest BCUT2D eigenvalue weighted by Gasteiger charge is 2.52. The number of imide groups is 1. The summed E-state index contributed by atoms with van der Waals surface area (Å²) in [4.78, 5) is 57.6. The number of amides is 5. The van der Waals surface area contributed by atoms with Crippen LogP contribution in [0.25, 0.3) is 0 Å². The molecule has 1 aliphatic carbocycles. The zero-order valence-corrected chi connectivity index (χ0v) is 22.9. The molecule has 5 amide bonds. The fraction of sp³-hybridized carbons (Fsp3) is 0.643. The third-order valence-corrected chi connectivity index (χ3v) is 7.90. The molecule has 0 bridgehead atoms. The summed E-state index contributed by atoms with van der Waals surface area (Å²) in [5.41, 5.74) is 1.23. The molecule has 2 saturated heterocycles. The van der Waals surface area contributed by atoms with Crippen molar-refractivity contribution in [3.63, 3.8) is 0 Å². The first-order valence-corrected chi connectivity index (χ1v) is 13.6. The van der Waals surface area contributed by atoms with Crippen LogP contribution in [0.3, 0.4) is 0 Å². The second-order valence-electron chi connectivity index (χ2n) is 10.8. The number of likely N-dealkylation sites (tertiary alicyclic amines) is 1. The topological polar surface area (TPSA) is 108 Å². The molecule has 4 rings (SSSR count). The highest BCUT2D eigenvalue weighted by molar-refractivity contribution is 6.00. The predicted octanol–water partition coefficient (Wildman–Crippen LogP) is 2.41. The number of benzene rings is 1. The van der Waals surface area contributed by atoms with Gasteiger partial charge in [-0.25, -0.2) is 4.79 Å². The molecular weight excluding hydrogens is 488 g/mol. The lowest BCUT2D eigenvalue weighted by Crippen LogP contribution is -2.66. The van der Waals surface area contributed by atoms with Gasteiger partial charge in [-0.2, -0.15) is 0 Å². The van der Waals surface area contributed by atoms with Gasteiger partial charge in [-0.3, -0.25) is 19.3 Å². The zero-order valence-electron chi connectivity index (χ0n) is 22.9. The minimum absolute atomic E-state index is 0.0153. The van der Waals surface area contributed by atoms with Crippen molar-refractivity contribution in [3.05, 3.63) is 35.4 Å². The van der Waals surface area contributed by atoms with Gasteiger partial charge in [0.25, 0.3) is 5.91 Å². The van der Waals surface area contributed by atoms with E-state index in [4.69, 9.17) is 9.47 Å². The van der Waals surface area contributed by atoms with Crippen LogP contribution >= 0.6 is 0 Å². The molecule has 38 heavy (non-hydrogen) atoms. The molecular formula is C28H40N4O6. The Morgan fingerprint density at radius 2 is 1.61 bits per heavy atom. The monoisotopic (exact) mass is 528 g/mol. The van der Waals surface area contributed by atoms with Gasteiger partial charge in [-0.05, 0) is 63.6 Å². The van der Waals surface area contributed by atoms with Crippen molar-refractivity contribution >= 4 is 23.8 Å². The maximum Gasteiger partial charge on any atom is 0.327 e. The van der Waals surface area contributed by atoms with Crippen LogP contribution in [0.4, 0.5) is 4.79 Å². The van der Waals surface area contributed by atoms with Crippen molar-refractivity contribution < 1.29 is 28.7 Å². The van der Waals surface area contributed by atoms with Crippen molar-refractivity contribution in [2.45, 2.75) is 76.8 Å². The Bertz CT molecular complexity index is 1020. The van der Waals surface area contributed by atoms with E-state index in [-0.39, 0.29) is 49.1 Å². The summed E-state index contributed by atoms with van der Waals surface area (Å²) in [6.45, 7) is 5.17. The van der Waals surface area contributed by atoms with E-state index in [0.717, 1.165) is 24.8 Å². The molecule has 4 unspecified atom stereocenters. The first-order chi connectivity index (χ1) is 18.2. The third-order valence-electron chi connectivity index (χ3n) is 7.90. The number of nitrogens with one attached hydrogen (secondary N) is 1. The maximum absolute atomic E-state index is 13.8. The highest BCUT2D eigenvalue weighted by Crippen LogP contribution is 2.37. The first-order valence-electron chi connectivity index (χ1n) is 13.6. The Balaban J connectivity index is 1.56. The van der Waals surface area contributed by atoms with E-state index in [9.17, 15) is 19.2 Å². The van der Waals surface area contributed by atoms with Crippen LogP contribution < -0.4 is 5.32 Å². The van der Waals surface area contributed by atoms with E-state index < -0.39 is 18.0 Å². The van der Waals surface area contributed by atoms with E-state index in [1.807, 2.05) is 18.7 Å². The van der Waals surface area contributed by atoms with E-state index >= 15 is 0 Å². The highest BCUT2D eigenvalue weighted by atomic mass is 16.5. The van der Waals surface area contributed by atoms with Gasteiger partial charge in [-0.1, -0.05) is 12.1 Å². The van der Waals surface area contributed by atoms with Gasteiger partial charge in [0.15, 0.2) is 0 Å². The quantitative estimate of drug-likeness (QED) is 0.555. The maximum atomic E-state index is 13.8.